The summed E-state index contributed by atoms with van der Waals surface area (Å²) >= 11 is 1.52. The van der Waals surface area contributed by atoms with E-state index >= 15 is 0 Å². The van der Waals surface area contributed by atoms with E-state index < -0.39 is 17.2 Å². The normalized spacial score (nSPS) is 10.8. The Balaban J connectivity index is 1.69. The van der Waals surface area contributed by atoms with Gasteiger partial charge in [0.2, 0.25) is 5.43 Å². The first-order valence-corrected chi connectivity index (χ1v) is 9.77. The van der Waals surface area contributed by atoms with Gasteiger partial charge in [0.15, 0.2) is 0 Å². The number of nitrogens with one attached hydrogen (secondary N) is 1. The Morgan fingerprint density at radius 2 is 1.72 bits per heavy atom. The third-order valence-electron chi connectivity index (χ3n) is 4.50. The number of aryl methyl sites for hydroxylation is 1. The number of benzene rings is 3. The molecule has 1 heterocycles. The molecule has 3 aromatic carbocycles. The number of para-hydroxylation sites is 1. The topological polar surface area (TPSA) is 51.1 Å². The Kier molecular flexibility index (Phi) is 5.18. The Hall–Kier alpha value is -3.38. The van der Waals surface area contributed by atoms with Gasteiger partial charge in [-0.15, -0.1) is 0 Å². The maximum Gasteiger partial charge on any atom is 0.261 e. The minimum Gasteiger partial charge on any atom is -0.350 e. The number of rotatable bonds is 4. The van der Waals surface area contributed by atoms with Crippen LogP contribution in [0.5, 0.6) is 0 Å². The van der Waals surface area contributed by atoms with Crippen LogP contribution in [0, 0.1) is 5.82 Å². The van der Waals surface area contributed by atoms with Crippen LogP contribution in [0.4, 0.5) is 10.1 Å². The van der Waals surface area contributed by atoms with Gasteiger partial charge in [-0.05, 0) is 42.5 Å². The molecule has 4 rings (SSSR count). The maximum atomic E-state index is 13.6. The number of nitrogens with zero attached hydrogens (tertiary/aromatic N) is 1. The molecule has 144 valence electrons. The van der Waals surface area contributed by atoms with Gasteiger partial charge in [0.1, 0.15) is 11.4 Å². The van der Waals surface area contributed by atoms with E-state index in [1.54, 1.807) is 17.7 Å². The van der Waals surface area contributed by atoms with E-state index in [4.69, 9.17) is 0 Å². The van der Waals surface area contributed by atoms with E-state index in [0.29, 0.717) is 11.2 Å². The molecule has 0 saturated carbocycles. The van der Waals surface area contributed by atoms with Crippen molar-refractivity contribution in [2.75, 3.05) is 5.32 Å². The predicted octanol–water partition coefficient (Wildman–Crippen LogP) is 5.08. The summed E-state index contributed by atoms with van der Waals surface area (Å²) in [6.45, 7) is 0. The van der Waals surface area contributed by atoms with Crippen molar-refractivity contribution in [2.24, 2.45) is 7.05 Å². The third-order valence-corrected chi connectivity index (χ3v) is 5.59. The van der Waals surface area contributed by atoms with Crippen LogP contribution < -0.4 is 10.7 Å². The van der Waals surface area contributed by atoms with Crippen LogP contribution in [0.3, 0.4) is 0 Å². The van der Waals surface area contributed by atoms with Crippen LogP contribution in [0.1, 0.15) is 10.4 Å². The van der Waals surface area contributed by atoms with Crippen LogP contribution in [0.2, 0.25) is 0 Å². The number of aromatic nitrogens is 1. The molecular formula is C23H17FN2O2S. The van der Waals surface area contributed by atoms with Gasteiger partial charge in [0.05, 0.1) is 11.2 Å². The summed E-state index contributed by atoms with van der Waals surface area (Å²) in [5.74, 6) is -1.05. The third kappa shape index (κ3) is 3.93. The summed E-state index contributed by atoms with van der Waals surface area (Å²) in [6, 6.07) is 21.2. The van der Waals surface area contributed by atoms with Gasteiger partial charge >= 0.3 is 0 Å². The lowest BCUT2D eigenvalue weighted by atomic mass is 10.1. The predicted molar refractivity (Wildman–Crippen MR) is 114 cm³/mol. The number of carbonyl (C=O) groups excluding carboxylic acids is 1. The molecule has 0 bridgehead atoms. The average Bonchev–Trinajstić information content (AvgIpc) is 2.72. The second-order valence-corrected chi connectivity index (χ2v) is 7.63. The molecule has 1 N–H and O–H groups in total. The van der Waals surface area contributed by atoms with Crippen molar-refractivity contribution in [2.45, 2.75) is 9.79 Å². The van der Waals surface area contributed by atoms with Crippen molar-refractivity contribution < 1.29 is 9.18 Å². The molecule has 0 fully saturated rings. The van der Waals surface area contributed by atoms with Crippen molar-refractivity contribution in [3.63, 3.8) is 0 Å². The second kappa shape index (κ2) is 7.93. The van der Waals surface area contributed by atoms with E-state index in [1.807, 2.05) is 48.5 Å². The van der Waals surface area contributed by atoms with E-state index in [1.165, 1.54) is 30.1 Å². The first-order chi connectivity index (χ1) is 14.0. The lowest BCUT2D eigenvalue weighted by Crippen LogP contribution is -2.23. The number of amides is 1. The first-order valence-electron chi connectivity index (χ1n) is 8.95. The van der Waals surface area contributed by atoms with Crippen LogP contribution in [0.15, 0.2) is 93.6 Å². The van der Waals surface area contributed by atoms with Crippen molar-refractivity contribution in [1.82, 2.24) is 4.57 Å². The molecule has 29 heavy (non-hydrogen) atoms. The first kappa shape index (κ1) is 19.0. The van der Waals surface area contributed by atoms with Crippen LogP contribution in [-0.2, 0) is 7.05 Å². The molecule has 6 heteroatoms. The van der Waals surface area contributed by atoms with Gasteiger partial charge in [0, 0.05) is 28.4 Å². The van der Waals surface area contributed by atoms with Gasteiger partial charge in [-0.1, -0.05) is 42.1 Å². The van der Waals surface area contributed by atoms with Crippen LogP contribution in [0.25, 0.3) is 10.9 Å². The summed E-state index contributed by atoms with van der Waals surface area (Å²) in [5.41, 5.74) is 0.633. The van der Waals surface area contributed by atoms with Crippen LogP contribution in [-0.4, -0.2) is 10.5 Å². The van der Waals surface area contributed by atoms with Crippen molar-refractivity contribution in [3.8, 4) is 0 Å². The standard InChI is InChI=1S/C23H17FN2O2S/c1-26-14-18(22(27)17-13-15(24)11-12-20(17)26)23(28)25-19-9-5-6-10-21(19)29-16-7-3-2-4-8-16/h2-14H,1H3,(H,25,28). The van der Waals surface area contributed by atoms with Gasteiger partial charge in [-0.3, -0.25) is 9.59 Å². The molecule has 0 aliphatic rings. The smallest absolute Gasteiger partial charge is 0.261 e. The molecule has 1 aromatic heterocycles. The molecule has 0 radical (unpaired) electrons. The lowest BCUT2D eigenvalue weighted by molar-refractivity contribution is 0.102. The van der Waals surface area contributed by atoms with Gasteiger partial charge in [-0.25, -0.2) is 4.39 Å². The zero-order valence-electron chi connectivity index (χ0n) is 15.6. The minimum atomic E-state index is -0.530. The quantitative estimate of drug-likeness (QED) is 0.516. The molecule has 0 aliphatic heterocycles. The fourth-order valence-electron chi connectivity index (χ4n) is 3.09. The van der Waals surface area contributed by atoms with Gasteiger partial charge in [0.25, 0.3) is 5.91 Å². The molecule has 0 atom stereocenters. The maximum absolute atomic E-state index is 13.6. The molecule has 0 spiro atoms. The molecule has 0 saturated heterocycles. The highest BCUT2D eigenvalue weighted by Gasteiger charge is 2.16. The number of fused-ring (bicyclic) bond motifs is 1. The van der Waals surface area contributed by atoms with Gasteiger partial charge in [-0.2, -0.15) is 0 Å². The minimum absolute atomic E-state index is 0.0369. The molecule has 4 aromatic rings. The highest BCUT2D eigenvalue weighted by molar-refractivity contribution is 7.99. The zero-order chi connectivity index (χ0) is 20.4. The average molecular weight is 404 g/mol. The van der Waals surface area contributed by atoms with Crippen LogP contribution >= 0.6 is 11.8 Å². The Morgan fingerprint density at radius 3 is 2.52 bits per heavy atom. The van der Waals surface area contributed by atoms with Crippen molar-refractivity contribution in [3.05, 3.63) is 101 Å². The summed E-state index contributed by atoms with van der Waals surface area (Å²) in [6.07, 6.45) is 1.48. The number of hydrogen-bond donors (Lipinski definition) is 1. The Morgan fingerprint density at radius 1 is 1.00 bits per heavy atom. The summed E-state index contributed by atoms with van der Waals surface area (Å²) in [4.78, 5) is 27.6. The summed E-state index contributed by atoms with van der Waals surface area (Å²) in [7, 11) is 1.72. The number of hydrogen-bond acceptors (Lipinski definition) is 3. The number of pyridine rings is 1. The fraction of sp³-hybridized carbons (Fsp3) is 0.0435. The lowest BCUT2D eigenvalue weighted by Gasteiger charge is -2.12. The summed E-state index contributed by atoms with van der Waals surface area (Å²) in [5, 5.41) is 3.00. The number of halogens is 1. The van der Waals surface area contributed by atoms with E-state index in [9.17, 15) is 14.0 Å². The number of carbonyl (C=O) groups is 1. The molecule has 0 unspecified atom stereocenters. The molecule has 4 nitrogen and oxygen atoms in total. The van der Waals surface area contributed by atoms with Crippen molar-refractivity contribution in [1.29, 1.82) is 0 Å². The van der Waals surface area contributed by atoms with E-state index in [0.717, 1.165) is 15.9 Å². The molecular weight excluding hydrogens is 387 g/mol. The zero-order valence-corrected chi connectivity index (χ0v) is 16.4. The molecule has 0 aliphatic carbocycles. The highest BCUT2D eigenvalue weighted by Crippen LogP contribution is 2.33. The SMILES string of the molecule is Cn1cc(C(=O)Nc2ccccc2Sc2ccccc2)c(=O)c2cc(F)ccc21. The largest absolute Gasteiger partial charge is 0.350 e. The van der Waals surface area contributed by atoms with Gasteiger partial charge < -0.3 is 9.88 Å². The highest BCUT2D eigenvalue weighted by atomic mass is 32.2. The van der Waals surface area contributed by atoms with Crippen molar-refractivity contribution >= 4 is 34.3 Å². The van der Waals surface area contributed by atoms with E-state index in [-0.39, 0.29) is 10.9 Å². The monoisotopic (exact) mass is 404 g/mol. The van der Waals surface area contributed by atoms with E-state index in [2.05, 4.69) is 5.32 Å². The Labute approximate surface area is 171 Å². The molecule has 1 amide bonds. The second-order valence-electron chi connectivity index (χ2n) is 6.51. The summed E-state index contributed by atoms with van der Waals surface area (Å²) < 4.78 is 15.3. The fourth-order valence-corrected chi connectivity index (χ4v) is 4.01. The number of anilines is 1. The Bertz CT molecular complexity index is 1270.